The first kappa shape index (κ1) is 51.8. The highest BCUT2D eigenvalue weighted by molar-refractivity contribution is 6.10. The number of para-hydroxylation sites is 2. The first-order valence-electron chi connectivity index (χ1n) is 31.0. The lowest BCUT2D eigenvalue weighted by Crippen LogP contribution is -2.26. The van der Waals surface area contributed by atoms with Crippen LogP contribution in [0.4, 0.5) is 17.1 Å². The molecule has 3 aliphatic carbocycles. The fraction of sp³-hybridized carbons (Fsp3) is 0.143. The quantitative estimate of drug-likeness (QED) is 0.125. The van der Waals surface area contributed by atoms with Gasteiger partial charge < -0.3 is 9.47 Å². The van der Waals surface area contributed by atoms with E-state index in [0.717, 1.165) is 17.1 Å². The smallest absolute Gasteiger partial charge is 0.0725 e. The van der Waals surface area contributed by atoms with Crippen LogP contribution in [0.1, 0.15) is 92.8 Å². The van der Waals surface area contributed by atoms with Gasteiger partial charge in [-0.1, -0.05) is 236 Å². The average Bonchev–Trinajstić information content (AvgIpc) is 1.55. The summed E-state index contributed by atoms with van der Waals surface area (Å²) < 4.78 is 2.39. The van der Waals surface area contributed by atoms with Gasteiger partial charge in [0.1, 0.15) is 0 Å². The number of fused-ring (bicyclic) bond motifs is 16. The maximum absolute atomic E-state index is 2.52. The van der Waals surface area contributed by atoms with Crippen LogP contribution in [0.2, 0.25) is 0 Å². The van der Waals surface area contributed by atoms with E-state index < -0.39 is 5.41 Å². The summed E-state index contributed by atoms with van der Waals surface area (Å²) in [7, 11) is 0. The molecule has 2 atom stereocenters. The molecule has 2 heteroatoms. The topological polar surface area (TPSA) is 8.17 Å². The summed E-state index contributed by atoms with van der Waals surface area (Å²) >= 11 is 0. The molecule has 2 nitrogen and oxygen atoms in total. The van der Waals surface area contributed by atoms with Crippen molar-refractivity contribution in [2.24, 2.45) is 11.8 Å². The number of anilines is 3. The molecule has 2 unspecified atom stereocenters. The summed E-state index contributed by atoms with van der Waals surface area (Å²) in [4.78, 5) is 2.45. The van der Waals surface area contributed by atoms with Crippen molar-refractivity contribution in [2.45, 2.75) is 64.7 Å². The minimum absolute atomic E-state index is 0.147. The number of nitrogens with zero attached hydrogens (tertiary/aromatic N) is 2. The molecule has 12 aromatic carbocycles. The number of benzene rings is 12. The van der Waals surface area contributed by atoms with Crippen molar-refractivity contribution < 1.29 is 0 Å². The second-order valence-corrected chi connectivity index (χ2v) is 25.7. The van der Waals surface area contributed by atoms with Gasteiger partial charge in [-0.2, -0.15) is 0 Å². The van der Waals surface area contributed by atoms with Crippen LogP contribution in [-0.4, -0.2) is 4.57 Å². The van der Waals surface area contributed by atoms with Crippen LogP contribution < -0.4 is 4.90 Å². The molecule has 16 rings (SSSR count). The zero-order chi connectivity index (χ0) is 58.0. The Morgan fingerprint density at radius 1 is 0.337 bits per heavy atom. The van der Waals surface area contributed by atoms with Crippen LogP contribution in [0.15, 0.2) is 273 Å². The zero-order valence-electron chi connectivity index (χ0n) is 49.8. The van der Waals surface area contributed by atoms with E-state index in [9.17, 15) is 0 Å². The first-order chi connectivity index (χ1) is 42.0. The number of hydrogen-bond donors (Lipinski definition) is 0. The van der Waals surface area contributed by atoms with E-state index in [-0.39, 0.29) is 5.41 Å². The Morgan fingerprint density at radius 2 is 0.767 bits per heavy atom. The fourth-order valence-corrected chi connectivity index (χ4v) is 15.6. The zero-order valence-corrected chi connectivity index (χ0v) is 49.8. The van der Waals surface area contributed by atoms with Crippen LogP contribution in [0.5, 0.6) is 0 Å². The van der Waals surface area contributed by atoms with Gasteiger partial charge in [0.25, 0.3) is 0 Å². The summed E-state index contributed by atoms with van der Waals surface area (Å²) in [6.07, 6.45) is 1.20. The Hall–Kier alpha value is -9.76. The highest BCUT2D eigenvalue weighted by Crippen LogP contribution is 2.64. The maximum atomic E-state index is 2.52. The Morgan fingerprint density at radius 3 is 1.35 bits per heavy atom. The standard InChI is InChI=1S/C84H68N2/c1-53(2)48-73(54(3)4)58-30-28-55(29-31-58)60-36-44-70-67-21-11-15-25-76(67)84(79(70)50-60)77-26-16-12-22-68(77)71-45-37-61(51-80(71)84)57-34-41-64(42-35-57)85(65-43-46-69-66-20-10-14-24-75(66)83(5,6)78(69)52-65)63-39-32-56(33-40-63)59-38-47-82-74(49-59)72-23-13-17-27-81(72)86(82)62-18-8-7-9-19-62/h7-47,49-54,73H,48H2,1-6H3. The second kappa shape index (κ2) is 19.9. The van der Waals surface area contributed by atoms with Crippen LogP contribution in [0.3, 0.4) is 0 Å². The van der Waals surface area contributed by atoms with Crippen molar-refractivity contribution in [1.29, 1.82) is 0 Å². The number of hydrogen-bond acceptors (Lipinski definition) is 1. The molecule has 1 spiro atoms. The third kappa shape index (κ3) is 7.92. The summed E-state index contributed by atoms with van der Waals surface area (Å²) in [5, 5.41) is 2.50. The maximum Gasteiger partial charge on any atom is 0.0725 e. The van der Waals surface area contributed by atoms with Crippen LogP contribution in [-0.2, 0) is 10.8 Å². The molecule has 1 aromatic heterocycles. The van der Waals surface area contributed by atoms with Gasteiger partial charge in [-0.15, -0.1) is 0 Å². The van der Waals surface area contributed by atoms with E-state index >= 15 is 0 Å². The number of rotatable bonds is 11. The molecule has 1 heterocycles. The molecule has 13 aromatic rings. The van der Waals surface area contributed by atoms with Crippen molar-refractivity contribution in [3.63, 3.8) is 0 Å². The van der Waals surface area contributed by atoms with Gasteiger partial charge in [0.15, 0.2) is 0 Å². The lowest BCUT2D eigenvalue weighted by molar-refractivity contribution is 0.408. The van der Waals surface area contributed by atoms with Crippen molar-refractivity contribution in [2.75, 3.05) is 4.90 Å². The third-order valence-electron chi connectivity index (χ3n) is 19.7. The minimum Gasteiger partial charge on any atom is -0.310 e. The molecule has 86 heavy (non-hydrogen) atoms. The van der Waals surface area contributed by atoms with Crippen molar-refractivity contribution in [3.8, 4) is 72.4 Å². The van der Waals surface area contributed by atoms with E-state index in [2.05, 4.69) is 324 Å². The van der Waals surface area contributed by atoms with Gasteiger partial charge in [0.05, 0.1) is 16.4 Å². The molecule has 0 radical (unpaired) electrons. The lowest BCUT2D eigenvalue weighted by atomic mass is 9.70. The predicted octanol–water partition coefficient (Wildman–Crippen LogP) is 22.7. The second-order valence-electron chi connectivity index (χ2n) is 25.7. The highest BCUT2D eigenvalue weighted by Gasteiger charge is 2.52. The fourth-order valence-electron chi connectivity index (χ4n) is 15.6. The molecule has 0 bridgehead atoms. The van der Waals surface area contributed by atoms with E-state index in [4.69, 9.17) is 0 Å². The Kier molecular flexibility index (Phi) is 12.0. The van der Waals surface area contributed by atoms with Crippen molar-refractivity contribution in [1.82, 2.24) is 4.57 Å². The Balaban J connectivity index is 0.791. The average molecular weight is 1110 g/mol. The van der Waals surface area contributed by atoms with E-state index in [0.29, 0.717) is 17.8 Å². The molecular formula is C84H68N2. The van der Waals surface area contributed by atoms with Crippen molar-refractivity contribution >= 4 is 38.9 Å². The minimum atomic E-state index is -0.486. The van der Waals surface area contributed by atoms with E-state index in [1.807, 2.05) is 0 Å². The highest BCUT2D eigenvalue weighted by atomic mass is 15.1. The molecule has 414 valence electrons. The largest absolute Gasteiger partial charge is 0.310 e. The van der Waals surface area contributed by atoms with Crippen LogP contribution in [0.25, 0.3) is 94.3 Å². The SMILES string of the molecule is CC(C)CC(c1ccc(-c2ccc3c(c2)C2(c4ccccc4-3)c3ccccc3-c3ccc(-c4ccc(N(c5ccc(-c6ccc7c(c6)c6ccccc6n7-c6ccccc6)cc5)c5ccc6c(c5)C(C)(C)c5ccccc5-6)cc4)cc32)cc1)C(C)C. The Bertz CT molecular complexity index is 4790. The van der Waals surface area contributed by atoms with Gasteiger partial charge >= 0.3 is 0 Å². The van der Waals surface area contributed by atoms with E-state index in [1.165, 1.54) is 140 Å². The van der Waals surface area contributed by atoms with Gasteiger partial charge in [0.2, 0.25) is 0 Å². The van der Waals surface area contributed by atoms with E-state index in [1.54, 1.807) is 0 Å². The summed E-state index contributed by atoms with van der Waals surface area (Å²) in [6.45, 7) is 14.2. The predicted molar refractivity (Wildman–Crippen MR) is 363 cm³/mol. The van der Waals surface area contributed by atoms with Gasteiger partial charge in [0, 0.05) is 38.9 Å². The third-order valence-corrected chi connectivity index (χ3v) is 19.7. The van der Waals surface area contributed by atoms with Crippen LogP contribution >= 0.6 is 0 Å². The summed E-state index contributed by atoms with van der Waals surface area (Å²) in [5.41, 5.74) is 31.0. The van der Waals surface area contributed by atoms with Gasteiger partial charge in [-0.3, -0.25) is 0 Å². The number of aromatic nitrogens is 1. The molecule has 0 fully saturated rings. The lowest BCUT2D eigenvalue weighted by Gasteiger charge is -2.31. The molecule has 0 N–H and O–H groups in total. The monoisotopic (exact) mass is 1100 g/mol. The molecule has 3 aliphatic rings. The molecule has 0 aliphatic heterocycles. The molecule has 0 amide bonds. The Labute approximate surface area is 506 Å². The molecule has 0 saturated carbocycles. The molecular weight excluding hydrogens is 1040 g/mol. The summed E-state index contributed by atoms with van der Waals surface area (Å²) in [5.74, 6) is 1.78. The first-order valence-corrected chi connectivity index (χ1v) is 31.0. The summed E-state index contributed by atoms with van der Waals surface area (Å²) in [6, 6.07) is 103. The van der Waals surface area contributed by atoms with Gasteiger partial charge in [-0.05, 0) is 209 Å². The van der Waals surface area contributed by atoms with Crippen molar-refractivity contribution in [3.05, 3.63) is 312 Å². The van der Waals surface area contributed by atoms with Gasteiger partial charge in [-0.25, -0.2) is 0 Å². The normalized spacial score (nSPS) is 15.2. The van der Waals surface area contributed by atoms with Crippen LogP contribution in [0, 0.1) is 11.8 Å². The molecule has 0 saturated heterocycles.